The topological polar surface area (TPSA) is 81.2 Å². The zero-order valence-electron chi connectivity index (χ0n) is 17.6. The normalized spacial score (nSPS) is 11.3. The molecule has 0 aliphatic rings. The van der Waals surface area contributed by atoms with Gasteiger partial charge in [-0.3, -0.25) is 19.2 Å². The summed E-state index contributed by atoms with van der Waals surface area (Å²) in [7, 11) is 0. The van der Waals surface area contributed by atoms with Crippen molar-refractivity contribution in [2.45, 2.75) is 26.9 Å². The molecule has 0 aliphatic heterocycles. The number of carbonyl (C=O) groups is 1. The van der Waals surface area contributed by atoms with E-state index in [0.29, 0.717) is 22.8 Å². The van der Waals surface area contributed by atoms with Crippen molar-refractivity contribution in [1.82, 2.24) is 14.5 Å². The fraction of sp³-hybridized carbons (Fsp3) is 0.167. The molecule has 0 atom stereocenters. The fourth-order valence-corrected chi connectivity index (χ4v) is 4.95. The SMILES string of the molecule is Cc1cc(C)c2nc(N(Cc3cccnc3)C(=O)Cn3c(=O)oc4ccccc43)sc2c1. The van der Waals surface area contributed by atoms with Crippen LogP contribution in [-0.2, 0) is 17.9 Å². The van der Waals surface area contributed by atoms with Crippen molar-refractivity contribution in [3.63, 3.8) is 0 Å². The maximum absolute atomic E-state index is 13.5. The molecular formula is C24H20N4O3S. The summed E-state index contributed by atoms with van der Waals surface area (Å²) in [6.07, 6.45) is 3.42. The van der Waals surface area contributed by atoms with E-state index in [9.17, 15) is 9.59 Å². The summed E-state index contributed by atoms with van der Waals surface area (Å²) >= 11 is 1.46. The van der Waals surface area contributed by atoms with Gasteiger partial charge in [0.15, 0.2) is 10.7 Å². The Morgan fingerprint density at radius 1 is 1.16 bits per heavy atom. The van der Waals surface area contributed by atoms with E-state index in [1.807, 2.05) is 32.0 Å². The van der Waals surface area contributed by atoms with E-state index in [1.165, 1.54) is 15.9 Å². The molecule has 5 aromatic rings. The van der Waals surface area contributed by atoms with Gasteiger partial charge in [-0.15, -0.1) is 0 Å². The highest BCUT2D eigenvalue weighted by atomic mass is 32.1. The van der Waals surface area contributed by atoms with Crippen LogP contribution in [-0.4, -0.2) is 20.4 Å². The monoisotopic (exact) mass is 444 g/mol. The molecule has 0 fully saturated rings. The quantitative estimate of drug-likeness (QED) is 0.400. The summed E-state index contributed by atoms with van der Waals surface area (Å²) in [5.41, 5.74) is 5.00. The third kappa shape index (κ3) is 3.69. The zero-order valence-corrected chi connectivity index (χ0v) is 18.4. The number of carbonyl (C=O) groups excluding carboxylic acids is 1. The van der Waals surface area contributed by atoms with Crippen LogP contribution in [0.3, 0.4) is 0 Å². The first-order valence-corrected chi connectivity index (χ1v) is 11.0. The Morgan fingerprint density at radius 3 is 2.81 bits per heavy atom. The Kier molecular flexibility index (Phi) is 5.07. The molecular weight excluding hydrogens is 424 g/mol. The van der Waals surface area contributed by atoms with Gasteiger partial charge in [-0.05, 0) is 54.8 Å². The van der Waals surface area contributed by atoms with E-state index in [1.54, 1.807) is 35.5 Å². The number of para-hydroxylation sites is 2. The Hall–Kier alpha value is -3.78. The van der Waals surface area contributed by atoms with Crippen LogP contribution in [0.1, 0.15) is 16.7 Å². The van der Waals surface area contributed by atoms with E-state index in [4.69, 9.17) is 9.40 Å². The van der Waals surface area contributed by atoms with Gasteiger partial charge in [-0.25, -0.2) is 9.78 Å². The average molecular weight is 445 g/mol. The smallest absolute Gasteiger partial charge is 0.408 e. The standard InChI is InChI=1S/C24H20N4O3S/c1-15-10-16(2)22-20(11-15)32-23(26-22)28(13-17-6-5-9-25-12-17)21(29)14-27-18-7-3-4-8-19(18)31-24(27)30/h3-12H,13-14H2,1-2H3. The van der Waals surface area contributed by atoms with Crippen molar-refractivity contribution in [2.75, 3.05) is 4.90 Å². The van der Waals surface area contributed by atoms with E-state index in [0.717, 1.165) is 26.9 Å². The number of thiazole rings is 1. The van der Waals surface area contributed by atoms with Gasteiger partial charge in [0.05, 0.1) is 22.3 Å². The molecule has 3 heterocycles. The lowest BCUT2D eigenvalue weighted by Gasteiger charge is -2.20. The van der Waals surface area contributed by atoms with E-state index >= 15 is 0 Å². The molecule has 2 aromatic carbocycles. The number of oxazole rings is 1. The molecule has 5 rings (SSSR count). The van der Waals surface area contributed by atoms with Crippen molar-refractivity contribution >= 4 is 43.7 Å². The third-order valence-corrected chi connectivity index (χ3v) is 6.31. The lowest BCUT2D eigenvalue weighted by atomic mass is 10.1. The minimum atomic E-state index is -0.559. The fourth-order valence-electron chi connectivity index (χ4n) is 3.80. The highest BCUT2D eigenvalue weighted by molar-refractivity contribution is 7.22. The first kappa shape index (κ1) is 20.1. The molecule has 0 bridgehead atoms. The second-order valence-corrected chi connectivity index (χ2v) is 8.70. The Morgan fingerprint density at radius 2 is 2.00 bits per heavy atom. The van der Waals surface area contributed by atoms with Crippen LogP contribution in [0.4, 0.5) is 5.13 Å². The molecule has 7 nitrogen and oxygen atoms in total. The van der Waals surface area contributed by atoms with Crippen molar-refractivity contribution in [3.8, 4) is 0 Å². The maximum Gasteiger partial charge on any atom is 0.420 e. The molecule has 0 spiro atoms. The summed E-state index contributed by atoms with van der Waals surface area (Å²) < 4.78 is 7.67. The highest BCUT2D eigenvalue weighted by Gasteiger charge is 2.23. The number of hydrogen-bond donors (Lipinski definition) is 0. The minimum absolute atomic E-state index is 0.149. The van der Waals surface area contributed by atoms with Crippen molar-refractivity contribution < 1.29 is 9.21 Å². The molecule has 1 amide bonds. The number of aromatic nitrogens is 3. The molecule has 8 heteroatoms. The van der Waals surface area contributed by atoms with E-state index < -0.39 is 5.76 Å². The number of fused-ring (bicyclic) bond motifs is 2. The number of rotatable bonds is 5. The highest BCUT2D eigenvalue weighted by Crippen LogP contribution is 2.32. The molecule has 0 radical (unpaired) electrons. The van der Waals surface area contributed by atoms with Gasteiger partial charge >= 0.3 is 5.76 Å². The summed E-state index contributed by atoms with van der Waals surface area (Å²) in [6.45, 7) is 4.21. The largest absolute Gasteiger partial charge is 0.420 e. The van der Waals surface area contributed by atoms with Crippen LogP contribution in [0.5, 0.6) is 0 Å². The number of pyridine rings is 1. The maximum atomic E-state index is 13.5. The molecule has 0 saturated heterocycles. The van der Waals surface area contributed by atoms with Gasteiger partial charge < -0.3 is 4.42 Å². The Bertz CT molecular complexity index is 1500. The average Bonchev–Trinajstić information content (AvgIpc) is 3.34. The number of anilines is 1. The third-order valence-electron chi connectivity index (χ3n) is 5.28. The molecule has 0 N–H and O–H groups in total. The second-order valence-electron chi connectivity index (χ2n) is 7.69. The number of aryl methyl sites for hydroxylation is 2. The number of amides is 1. The summed E-state index contributed by atoms with van der Waals surface area (Å²) in [5.74, 6) is -0.812. The van der Waals surface area contributed by atoms with E-state index in [-0.39, 0.29) is 12.5 Å². The zero-order chi connectivity index (χ0) is 22.2. The van der Waals surface area contributed by atoms with Gasteiger partial charge in [0.1, 0.15) is 6.54 Å². The van der Waals surface area contributed by atoms with Crippen LogP contribution in [0, 0.1) is 13.8 Å². The van der Waals surface area contributed by atoms with Crippen LogP contribution in [0.25, 0.3) is 21.3 Å². The van der Waals surface area contributed by atoms with Gasteiger partial charge in [-0.2, -0.15) is 0 Å². The van der Waals surface area contributed by atoms with Gasteiger partial charge in [0.2, 0.25) is 5.91 Å². The summed E-state index contributed by atoms with van der Waals surface area (Å²) in [5, 5.41) is 0.586. The molecule has 0 aliphatic carbocycles. The molecule has 3 aromatic heterocycles. The molecule has 160 valence electrons. The Labute approximate surface area is 187 Å². The second kappa shape index (κ2) is 8.05. The minimum Gasteiger partial charge on any atom is -0.408 e. The van der Waals surface area contributed by atoms with Crippen molar-refractivity contribution in [1.29, 1.82) is 0 Å². The predicted octanol–water partition coefficient (Wildman–Crippen LogP) is 4.45. The van der Waals surface area contributed by atoms with Gasteiger partial charge in [0.25, 0.3) is 0 Å². The Balaban J connectivity index is 1.56. The van der Waals surface area contributed by atoms with Crippen molar-refractivity contribution in [2.24, 2.45) is 0 Å². The lowest BCUT2D eigenvalue weighted by Crippen LogP contribution is -2.35. The first-order valence-electron chi connectivity index (χ1n) is 10.1. The van der Waals surface area contributed by atoms with E-state index in [2.05, 4.69) is 17.1 Å². The lowest BCUT2D eigenvalue weighted by molar-refractivity contribution is -0.119. The van der Waals surface area contributed by atoms with Crippen LogP contribution >= 0.6 is 11.3 Å². The summed E-state index contributed by atoms with van der Waals surface area (Å²) in [6, 6.07) is 15.0. The van der Waals surface area contributed by atoms with Crippen LogP contribution in [0.15, 0.2) is 70.1 Å². The molecule has 32 heavy (non-hydrogen) atoms. The first-order chi connectivity index (χ1) is 15.5. The van der Waals surface area contributed by atoms with Gasteiger partial charge in [-0.1, -0.05) is 35.6 Å². The predicted molar refractivity (Wildman–Crippen MR) is 125 cm³/mol. The van der Waals surface area contributed by atoms with Crippen LogP contribution < -0.4 is 10.7 Å². The number of nitrogens with zero attached hydrogens (tertiary/aromatic N) is 4. The number of hydrogen-bond acceptors (Lipinski definition) is 6. The van der Waals surface area contributed by atoms with Gasteiger partial charge in [0, 0.05) is 12.4 Å². The van der Waals surface area contributed by atoms with Crippen molar-refractivity contribution in [3.05, 3.63) is 88.2 Å². The summed E-state index contributed by atoms with van der Waals surface area (Å²) in [4.78, 5) is 36.5. The molecule has 0 unspecified atom stereocenters. The number of benzene rings is 2. The molecule has 0 saturated carbocycles. The van der Waals surface area contributed by atoms with Crippen LogP contribution in [0.2, 0.25) is 0 Å².